The van der Waals surface area contributed by atoms with Crippen LogP contribution in [-0.2, 0) is 4.79 Å². The van der Waals surface area contributed by atoms with Crippen molar-refractivity contribution in [2.45, 2.75) is 58.0 Å². The standard InChI is InChI=1S/C19H27N5O4/c1-11-16(28-12(2)21-11)17(26)23-14-9-13(19(14)5-3-6-19)22-15(25)10-24-8-4-7-20-18(24)27/h13-14H,3-10H2,1-2H3,(H,20,27)(H,22,25)(H,23,26). The fraction of sp³-hybridized carbons (Fsp3) is 0.684. The molecular formula is C19H27N5O4. The number of oxazole rings is 1. The van der Waals surface area contributed by atoms with E-state index in [1.165, 1.54) is 0 Å². The van der Waals surface area contributed by atoms with Crippen molar-refractivity contribution >= 4 is 17.8 Å². The highest BCUT2D eigenvalue weighted by molar-refractivity contribution is 5.93. The number of urea groups is 1. The van der Waals surface area contributed by atoms with Crippen molar-refractivity contribution in [1.29, 1.82) is 0 Å². The van der Waals surface area contributed by atoms with Crippen molar-refractivity contribution < 1.29 is 18.8 Å². The first-order valence-electron chi connectivity index (χ1n) is 9.96. The van der Waals surface area contributed by atoms with E-state index >= 15 is 0 Å². The largest absolute Gasteiger partial charge is 0.436 e. The second-order valence-electron chi connectivity index (χ2n) is 8.12. The van der Waals surface area contributed by atoms with Crippen LogP contribution in [0.15, 0.2) is 4.42 Å². The summed E-state index contributed by atoms with van der Waals surface area (Å²) in [5.74, 6) is 0.348. The maximum Gasteiger partial charge on any atom is 0.317 e. The van der Waals surface area contributed by atoms with Crippen LogP contribution in [0.5, 0.6) is 0 Å². The van der Waals surface area contributed by atoms with Gasteiger partial charge in [-0.05, 0) is 32.6 Å². The highest BCUT2D eigenvalue weighted by atomic mass is 16.4. The van der Waals surface area contributed by atoms with Crippen molar-refractivity contribution in [2.75, 3.05) is 19.6 Å². The van der Waals surface area contributed by atoms with Gasteiger partial charge in [0, 0.05) is 37.5 Å². The van der Waals surface area contributed by atoms with E-state index in [2.05, 4.69) is 20.9 Å². The average molecular weight is 389 g/mol. The molecule has 1 aromatic heterocycles. The molecule has 1 aliphatic heterocycles. The highest BCUT2D eigenvalue weighted by Gasteiger charge is 2.59. The van der Waals surface area contributed by atoms with E-state index in [4.69, 9.17) is 4.42 Å². The predicted octanol–water partition coefficient (Wildman–Crippen LogP) is 0.864. The Bertz CT molecular complexity index is 800. The van der Waals surface area contributed by atoms with Gasteiger partial charge < -0.3 is 25.3 Å². The number of carbonyl (C=O) groups is 3. The van der Waals surface area contributed by atoms with Gasteiger partial charge in [0.1, 0.15) is 6.54 Å². The maximum absolute atomic E-state index is 12.6. The fourth-order valence-corrected chi connectivity index (χ4v) is 4.68. The zero-order valence-corrected chi connectivity index (χ0v) is 16.3. The number of hydrogen-bond donors (Lipinski definition) is 3. The Morgan fingerprint density at radius 2 is 2.00 bits per heavy atom. The summed E-state index contributed by atoms with van der Waals surface area (Å²) in [5.41, 5.74) is 0.500. The smallest absolute Gasteiger partial charge is 0.317 e. The zero-order valence-electron chi connectivity index (χ0n) is 16.3. The topological polar surface area (TPSA) is 117 Å². The van der Waals surface area contributed by atoms with Crippen molar-refractivity contribution in [3.05, 3.63) is 17.3 Å². The van der Waals surface area contributed by atoms with Crippen LogP contribution >= 0.6 is 0 Å². The van der Waals surface area contributed by atoms with Gasteiger partial charge in [-0.3, -0.25) is 9.59 Å². The minimum absolute atomic E-state index is 0.0159. The lowest BCUT2D eigenvalue weighted by Gasteiger charge is -2.61. The molecule has 2 saturated carbocycles. The third-order valence-corrected chi connectivity index (χ3v) is 6.40. The molecule has 0 aromatic carbocycles. The minimum Gasteiger partial charge on any atom is -0.436 e. The molecule has 0 bridgehead atoms. The van der Waals surface area contributed by atoms with E-state index < -0.39 is 0 Å². The van der Waals surface area contributed by atoms with Crippen LogP contribution in [-0.4, -0.2) is 59.4 Å². The summed E-state index contributed by atoms with van der Waals surface area (Å²) in [5, 5.41) is 8.91. The van der Waals surface area contributed by atoms with E-state index in [1.54, 1.807) is 18.7 Å². The third-order valence-electron chi connectivity index (χ3n) is 6.40. The molecule has 3 fully saturated rings. The Morgan fingerprint density at radius 1 is 1.25 bits per heavy atom. The lowest BCUT2D eigenvalue weighted by molar-refractivity contribution is -0.129. The number of rotatable bonds is 5. The van der Waals surface area contributed by atoms with Crippen molar-refractivity contribution in [1.82, 2.24) is 25.8 Å². The first-order chi connectivity index (χ1) is 13.4. The lowest BCUT2D eigenvalue weighted by Crippen LogP contribution is -2.72. The number of nitrogens with zero attached hydrogens (tertiary/aromatic N) is 2. The van der Waals surface area contributed by atoms with E-state index in [0.29, 0.717) is 31.1 Å². The monoisotopic (exact) mass is 389 g/mol. The summed E-state index contributed by atoms with van der Waals surface area (Å²) in [6.45, 7) is 4.81. The highest BCUT2D eigenvalue weighted by Crippen LogP contribution is 2.56. The van der Waals surface area contributed by atoms with Gasteiger partial charge in [0.2, 0.25) is 11.7 Å². The van der Waals surface area contributed by atoms with E-state index in [0.717, 1.165) is 25.7 Å². The van der Waals surface area contributed by atoms with E-state index in [1.807, 2.05) is 0 Å². The van der Waals surface area contributed by atoms with E-state index in [9.17, 15) is 14.4 Å². The number of nitrogens with one attached hydrogen (secondary N) is 3. The molecule has 2 unspecified atom stereocenters. The molecule has 9 heteroatoms. The number of amides is 4. The summed E-state index contributed by atoms with van der Waals surface area (Å²) in [7, 11) is 0. The molecule has 1 aromatic rings. The Balaban J connectivity index is 1.33. The van der Waals surface area contributed by atoms with E-state index in [-0.39, 0.29) is 47.6 Å². The normalized spacial score (nSPS) is 25.5. The molecule has 3 N–H and O–H groups in total. The second-order valence-corrected chi connectivity index (χ2v) is 8.12. The van der Waals surface area contributed by atoms with Gasteiger partial charge in [0.25, 0.3) is 5.91 Å². The second kappa shape index (κ2) is 7.10. The fourth-order valence-electron chi connectivity index (χ4n) is 4.68. The van der Waals surface area contributed by atoms with Gasteiger partial charge in [-0.15, -0.1) is 0 Å². The maximum atomic E-state index is 12.6. The van der Waals surface area contributed by atoms with Crippen LogP contribution in [0, 0.1) is 19.3 Å². The average Bonchev–Trinajstić information content (AvgIpc) is 2.92. The lowest BCUT2D eigenvalue weighted by atomic mass is 9.49. The van der Waals surface area contributed by atoms with Crippen LogP contribution in [0.4, 0.5) is 4.79 Å². The molecule has 4 amide bonds. The first kappa shape index (κ1) is 18.8. The summed E-state index contributed by atoms with van der Waals surface area (Å²) >= 11 is 0. The van der Waals surface area contributed by atoms with Gasteiger partial charge in [-0.2, -0.15) is 0 Å². The summed E-state index contributed by atoms with van der Waals surface area (Å²) in [4.78, 5) is 42.5. The third kappa shape index (κ3) is 3.22. The molecule has 2 aliphatic carbocycles. The van der Waals surface area contributed by atoms with Crippen LogP contribution < -0.4 is 16.0 Å². The minimum atomic E-state index is -0.246. The molecule has 2 heterocycles. The number of aryl methyl sites for hydroxylation is 2. The molecule has 3 aliphatic rings. The SMILES string of the molecule is Cc1nc(C)c(C(=O)NC2CC(NC(=O)CN3CCCNC3=O)C23CCC3)o1. The molecule has 152 valence electrons. The number of hydrogen-bond acceptors (Lipinski definition) is 5. The number of carbonyl (C=O) groups excluding carboxylic acids is 3. The Kier molecular flexibility index (Phi) is 4.76. The van der Waals surface area contributed by atoms with Gasteiger partial charge in [-0.25, -0.2) is 9.78 Å². The van der Waals surface area contributed by atoms with Gasteiger partial charge in [-0.1, -0.05) is 6.42 Å². The van der Waals surface area contributed by atoms with Crippen LogP contribution in [0.3, 0.4) is 0 Å². The van der Waals surface area contributed by atoms with Crippen LogP contribution in [0.1, 0.15) is 54.2 Å². The predicted molar refractivity (Wildman–Crippen MR) is 99.7 cm³/mol. The van der Waals surface area contributed by atoms with Gasteiger partial charge in [0.15, 0.2) is 5.89 Å². The van der Waals surface area contributed by atoms with Crippen molar-refractivity contribution in [2.24, 2.45) is 5.41 Å². The first-order valence-corrected chi connectivity index (χ1v) is 9.96. The van der Waals surface area contributed by atoms with Gasteiger partial charge >= 0.3 is 6.03 Å². The quantitative estimate of drug-likeness (QED) is 0.691. The molecule has 9 nitrogen and oxygen atoms in total. The Hall–Kier alpha value is -2.58. The molecule has 28 heavy (non-hydrogen) atoms. The molecule has 1 spiro atoms. The van der Waals surface area contributed by atoms with Gasteiger partial charge in [0.05, 0.1) is 5.69 Å². The van der Waals surface area contributed by atoms with Crippen LogP contribution in [0.2, 0.25) is 0 Å². The Morgan fingerprint density at radius 3 is 2.61 bits per heavy atom. The molecule has 0 radical (unpaired) electrons. The summed E-state index contributed by atoms with van der Waals surface area (Å²) < 4.78 is 5.42. The van der Waals surface area contributed by atoms with Crippen LogP contribution in [0.25, 0.3) is 0 Å². The molecule has 1 saturated heterocycles. The molecule has 4 rings (SSSR count). The molecule has 2 atom stereocenters. The van der Waals surface area contributed by atoms with Crippen molar-refractivity contribution in [3.63, 3.8) is 0 Å². The summed E-state index contributed by atoms with van der Waals surface area (Å²) in [6, 6.07) is -0.136. The summed E-state index contributed by atoms with van der Waals surface area (Å²) in [6.07, 6.45) is 4.58. The number of aromatic nitrogens is 1. The molecular weight excluding hydrogens is 362 g/mol. The van der Waals surface area contributed by atoms with Crippen molar-refractivity contribution in [3.8, 4) is 0 Å². The Labute approximate surface area is 163 Å². The zero-order chi connectivity index (χ0) is 19.9.